The number of aldehydes is 1. The number of benzene rings is 3. The van der Waals surface area contributed by atoms with E-state index in [1.807, 2.05) is 67.6 Å². The fraction of sp³-hybridized carbons (Fsp3) is 0.231. The molecule has 4 rings (SSSR count). The molecule has 1 heterocycles. The van der Waals surface area contributed by atoms with Gasteiger partial charge in [-0.25, -0.2) is 8.42 Å². The van der Waals surface area contributed by atoms with Crippen LogP contribution in [-0.4, -0.2) is 37.9 Å². The third-order valence-electron chi connectivity index (χ3n) is 6.38. The maximum Gasteiger partial charge on any atom is 0.243 e. The lowest BCUT2D eigenvalue weighted by Gasteiger charge is -2.37. The SMILES string of the molecule is Cc1ccc(S(=O)(=O)N2CC[C@@H](C(C(=O)C=O)(c3ccccc3)c3ccccc3)C2)cc1. The van der Waals surface area contributed by atoms with Gasteiger partial charge in [0.1, 0.15) is 0 Å². The van der Waals surface area contributed by atoms with Crippen LogP contribution in [0.3, 0.4) is 0 Å². The van der Waals surface area contributed by atoms with Gasteiger partial charge < -0.3 is 0 Å². The van der Waals surface area contributed by atoms with Gasteiger partial charge >= 0.3 is 0 Å². The Bertz CT molecular complexity index is 1170. The Morgan fingerprint density at radius 3 is 1.94 bits per heavy atom. The minimum Gasteiger partial charge on any atom is -0.295 e. The average Bonchev–Trinajstić information content (AvgIpc) is 3.32. The molecule has 0 N–H and O–H groups in total. The minimum absolute atomic E-state index is 0.152. The van der Waals surface area contributed by atoms with Crippen LogP contribution in [0.4, 0.5) is 0 Å². The molecule has 1 aliphatic rings. The van der Waals surface area contributed by atoms with Gasteiger partial charge in [-0.2, -0.15) is 4.31 Å². The summed E-state index contributed by atoms with van der Waals surface area (Å²) >= 11 is 0. The van der Waals surface area contributed by atoms with Crippen LogP contribution in [0.2, 0.25) is 0 Å². The molecule has 3 aromatic carbocycles. The van der Waals surface area contributed by atoms with Crippen molar-refractivity contribution in [3.05, 3.63) is 102 Å². The van der Waals surface area contributed by atoms with Gasteiger partial charge in [0.15, 0.2) is 6.29 Å². The molecule has 0 radical (unpaired) electrons. The fourth-order valence-corrected chi connectivity index (χ4v) is 6.28. The molecular weight excluding hydrogens is 422 g/mol. The molecule has 164 valence electrons. The molecule has 1 saturated heterocycles. The first-order valence-corrected chi connectivity index (χ1v) is 12.0. The van der Waals surface area contributed by atoms with Gasteiger partial charge in [0.2, 0.25) is 15.8 Å². The van der Waals surface area contributed by atoms with Crippen molar-refractivity contribution in [3.63, 3.8) is 0 Å². The molecule has 3 aromatic rings. The predicted octanol–water partition coefficient (Wildman–Crippen LogP) is 3.76. The zero-order chi connectivity index (χ0) is 22.8. The van der Waals surface area contributed by atoms with E-state index in [2.05, 4.69) is 0 Å². The van der Waals surface area contributed by atoms with Crippen molar-refractivity contribution in [2.45, 2.75) is 23.7 Å². The molecule has 0 unspecified atom stereocenters. The highest BCUT2D eigenvalue weighted by Gasteiger charge is 2.51. The molecule has 0 bridgehead atoms. The largest absolute Gasteiger partial charge is 0.295 e. The number of hydrogen-bond donors (Lipinski definition) is 0. The number of Topliss-reactive ketones (excluding diaryl/α,β-unsaturated/α-hetero) is 1. The molecule has 0 amide bonds. The number of carbonyl (C=O) groups is 2. The minimum atomic E-state index is -3.71. The quantitative estimate of drug-likeness (QED) is 0.408. The molecule has 0 saturated carbocycles. The number of sulfonamides is 1. The van der Waals surface area contributed by atoms with Crippen molar-refractivity contribution >= 4 is 22.1 Å². The predicted molar refractivity (Wildman–Crippen MR) is 123 cm³/mol. The molecule has 1 aliphatic heterocycles. The first-order chi connectivity index (χ1) is 15.4. The van der Waals surface area contributed by atoms with Crippen LogP contribution in [0.5, 0.6) is 0 Å². The average molecular weight is 448 g/mol. The van der Waals surface area contributed by atoms with Gasteiger partial charge in [0.25, 0.3) is 0 Å². The molecule has 32 heavy (non-hydrogen) atoms. The van der Waals surface area contributed by atoms with E-state index in [4.69, 9.17) is 0 Å². The van der Waals surface area contributed by atoms with Crippen LogP contribution in [0.25, 0.3) is 0 Å². The first-order valence-electron chi connectivity index (χ1n) is 10.6. The van der Waals surface area contributed by atoms with Gasteiger partial charge in [0.05, 0.1) is 10.3 Å². The lowest BCUT2D eigenvalue weighted by atomic mass is 9.63. The number of aryl methyl sites for hydroxylation is 1. The van der Waals surface area contributed by atoms with E-state index in [1.54, 1.807) is 24.3 Å². The maximum absolute atomic E-state index is 13.3. The van der Waals surface area contributed by atoms with Crippen LogP contribution >= 0.6 is 0 Å². The van der Waals surface area contributed by atoms with Crippen LogP contribution < -0.4 is 0 Å². The van der Waals surface area contributed by atoms with E-state index < -0.39 is 21.2 Å². The molecule has 0 aliphatic carbocycles. The Morgan fingerprint density at radius 2 is 1.44 bits per heavy atom. The van der Waals surface area contributed by atoms with E-state index in [0.29, 0.717) is 23.8 Å². The van der Waals surface area contributed by atoms with Crippen LogP contribution in [0.1, 0.15) is 23.1 Å². The number of rotatable bonds is 7. The summed E-state index contributed by atoms with van der Waals surface area (Å²) in [7, 11) is -3.71. The highest BCUT2D eigenvalue weighted by atomic mass is 32.2. The fourth-order valence-electron chi connectivity index (χ4n) is 4.78. The lowest BCUT2D eigenvalue weighted by molar-refractivity contribution is -0.134. The summed E-state index contributed by atoms with van der Waals surface area (Å²) in [6.07, 6.45) is 0.839. The Balaban J connectivity index is 1.81. The third-order valence-corrected chi connectivity index (χ3v) is 8.26. The molecule has 0 aromatic heterocycles. The molecule has 5 nitrogen and oxygen atoms in total. The summed E-state index contributed by atoms with van der Waals surface area (Å²) in [6.45, 7) is 2.34. The van der Waals surface area contributed by atoms with E-state index >= 15 is 0 Å². The molecule has 0 spiro atoms. The van der Waals surface area contributed by atoms with Gasteiger partial charge in [0, 0.05) is 13.1 Å². The Kier molecular flexibility index (Phi) is 6.09. The summed E-state index contributed by atoms with van der Waals surface area (Å²) in [5.74, 6) is -0.945. The molecule has 6 heteroatoms. The highest BCUT2D eigenvalue weighted by Crippen LogP contribution is 2.45. The summed E-state index contributed by atoms with van der Waals surface area (Å²) < 4.78 is 28.0. The van der Waals surface area contributed by atoms with E-state index in [1.165, 1.54) is 4.31 Å². The highest BCUT2D eigenvalue weighted by molar-refractivity contribution is 7.89. The van der Waals surface area contributed by atoms with Crippen molar-refractivity contribution < 1.29 is 18.0 Å². The van der Waals surface area contributed by atoms with Crippen molar-refractivity contribution in [1.82, 2.24) is 4.31 Å². The molecular formula is C26H25NO4S. The summed E-state index contributed by atoms with van der Waals surface area (Å²) in [6, 6.07) is 25.2. The smallest absolute Gasteiger partial charge is 0.243 e. The molecule has 1 fully saturated rings. The second-order valence-corrected chi connectivity index (χ2v) is 10.1. The Hall–Kier alpha value is -3.09. The van der Waals surface area contributed by atoms with Crippen LogP contribution in [0.15, 0.2) is 89.8 Å². The van der Waals surface area contributed by atoms with E-state index in [0.717, 1.165) is 5.56 Å². The van der Waals surface area contributed by atoms with Crippen molar-refractivity contribution in [2.75, 3.05) is 13.1 Å². The third kappa shape index (κ3) is 3.70. The van der Waals surface area contributed by atoms with Gasteiger partial charge in [-0.05, 0) is 42.5 Å². The molecule has 1 atom stereocenters. The number of ketones is 1. The monoisotopic (exact) mass is 447 g/mol. The lowest BCUT2D eigenvalue weighted by Crippen LogP contribution is -2.46. The van der Waals surface area contributed by atoms with Crippen LogP contribution in [0, 0.1) is 12.8 Å². The first kappa shape index (κ1) is 22.1. The van der Waals surface area contributed by atoms with Crippen molar-refractivity contribution in [3.8, 4) is 0 Å². The zero-order valence-electron chi connectivity index (χ0n) is 17.8. The number of carbonyl (C=O) groups excluding carboxylic acids is 2. The summed E-state index contributed by atoms with van der Waals surface area (Å²) in [4.78, 5) is 25.5. The summed E-state index contributed by atoms with van der Waals surface area (Å²) in [5.41, 5.74) is 1.12. The van der Waals surface area contributed by atoms with Crippen LogP contribution in [-0.2, 0) is 25.0 Å². The maximum atomic E-state index is 13.3. The van der Waals surface area contributed by atoms with Gasteiger partial charge in [-0.1, -0.05) is 78.4 Å². The number of nitrogens with zero attached hydrogens (tertiary/aromatic N) is 1. The summed E-state index contributed by atoms with van der Waals surface area (Å²) in [5, 5.41) is 0. The zero-order valence-corrected chi connectivity index (χ0v) is 18.7. The van der Waals surface area contributed by atoms with Crippen molar-refractivity contribution in [1.29, 1.82) is 0 Å². The Morgan fingerprint density at radius 1 is 0.906 bits per heavy atom. The Labute approximate surface area is 188 Å². The normalized spacial score (nSPS) is 17.2. The van der Waals surface area contributed by atoms with Gasteiger partial charge in [-0.3, -0.25) is 9.59 Å². The van der Waals surface area contributed by atoms with Crippen molar-refractivity contribution in [2.24, 2.45) is 5.92 Å². The topological polar surface area (TPSA) is 71.5 Å². The van der Waals surface area contributed by atoms with Gasteiger partial charge in [-0.15, -0.1) is 0 Å². The van der Waals surface area contributed by atoms with E-state index in [-0.39, 0.29) is 23.9 Å². The second-order valence-electron chi connectivity index (χ2n) is 8.18. The van der Waals surface area contributed by atoms with E-state index in [9.17, 15) is 18.0 Å². The standard InChI is InChI=1S/C26H25NO4S/c1-20-12-14-24(15-13-20)32(30,31)27-17-16-23(18-27)26(25(29)19-28,21-8-4-2-5-9-21)22-10-6-3-7-11-22/h2-15,19,23H,16-18H2,1H3/t23-/m1/s1. The second kappa shape index (κ2) is 8.81. The number of hydrogen-bond acceptors (Lipinski definition) is 4.